The molecule has 0 saturated carbocycles. The molecule has 1 amide bonds. The van der Waals surface area contributed by atoms with Gasteiger partial charge in [0.1, 0.15) is 0 Å². The fourth-order valence-corrected chi connectivity index (χ4v) is 2.37. The molecule has 4 nitrogen and oxygen atoms in total. The maximum atomic E-state index is 11.2. The molecule has 0 aromatic heterocycles. The highest BCUT2D eigenvalue weighted by Crippen LogP contribution is 2.10. The molecule has 3 N–H and O–H groups in total. The van der Waals surface area contributed by atoms with Gasteiger partial charge < -0.3 is 16.0 Å². The number of unbranched alkanes of at least 4 members (excludes halogenated alkanes) is 3. The van der Waals surface area contributed by atoms with Crippen LogP contribution < -0.4 is 11.1 Å². The van der Waals surface area contributed by atoms with Gasteiger partial charge >= 0.3 is 0 Å². The van der Waals surface area contributed by atoms with Crippen LogP contribution in [0.1, 0.15) is 51.9 Å². The zero-order valence-corrected chi connectivity index (χ0v) is 11.8. The van der Waals surface area contributed by atoms with Crippen molar-refractivity contribution in [1.82, 2.24) is 10.2 Å². The molecule has 106 valence electrons. The Morgan fingerprint density at radius 2 is 1.83 bits per heavy atom. The molecule has 4 heteroatoms. The van der Waals surface area contributed by atoms with E-state index in [4.69, 9.17) is 5.73 Å². The van der Waals surface area contributed by atoms with Gasteiger partial charge in [-0.25, -0.2) is 0 Å². The summed E-state index contributed by atoms with van der Waals surface area (Å²) < 4.78 is 0. The van der Waals surface area contributed by atoms with E-state index in [0.717, 1.165) is 13.0 Å². The van der Waals surface area contributed by atoms with Crippen LogP contribution in [0.25, 0.3) is 0 Å². The number of nitrogens with one attached hydrogen (secondary N) is 1. The van der Waals surface area contributed by atoms with Crippen LogP contribution in [0, 0.1) is 0 Å². The summed E-state index contributed by atoms with van der Waals surface area (Å²) in [5.41, 5.74) is 5.46. The van der Waals surface area contributed by atoms with Crippen LogP contribution >= 0.6 is 0 Å². The molecule has 0 radical (unpaired) electrons. The van der Waals surface area contributed by atoms with E-state index in [0.29, 0.717) is 0 Å². The Labute approximate surface area is 111 Å². The lowest BCUT2D eigenvalue weighted by atomic mass is 10.1. The first-order valence-corrected chi connectivity index (χ1v) is 7.46. The van der Waals surface area contributed by atoms with E-state index in [-0.39, 0.29) is 11.9 Å². The second-order valence-electron chi connectivity index (χ2n) is 5.40. The lowest BCUT2D eigenvalue weighted by molar-refractivity contribution is -0.121. The number of nitrogens with two attached hydrogens (primary N) is 1. The number of likely N-dealkylation sites (tertiary alicyclic amines) is 1. The maximum Gasteiger partial charge on any atom is 0.236 e. The van der Waals surface area contributed by atoms with Crippen molar-refractivity contribution in [2.45, 2.75) is 57.9 Å². The van der Waals surface area contributed by atoms with Crippen molar-refractivity contribution in [3.05, 3.63) is 0 Å². The summed E-state index contributed by atoms with van der Waals surface area (Å²) in [5, 5.41) is 2.85. The number of carbonyl (C=O) groups is 1. The molecular weight excluding hydrogens is 226 g/mol. The largest absolute Gasteiger partial charge is 0.355 e. The Kier molecular flexibility index (Phi) is 8.01. The normalized spacial score (nSPS) is 18.6. The first-order valence-electron chi connectivity index (χ1n) is 7.46. The fourth-order valence-electron chi connectivity index (χ4n) is 2.37. The van der Waals surface area contributed by atoms with Crippen molar-refractivity contribution < 1.29 is 4.79 Å². The van der Waals surface area contributed by atoms with Gasteiger partial charge in [0.25, 0.3) is 0 Å². The monoisotopic (exact) mass is 255 g/mol. The van der Waals surface area contributed by atoms with Gasteiger partial charge in [-0.2, -0.15) is 0 Å². The van der Waals surface area contributed by atoms with Crippen molar-refractivity contribution in [2.24, 2.45) is 5.73 Å². The molecular formula is C14H29N3O. The first kappa shape index (κ1) is 15.4. The van der Waals surface area contributed by atoms with Gasteiger partial charge in [-0.15, -0.1) is 0 Å². The molecule has 1 aliphatic rings. The van der Waals surface area contributed by atoms with Crippen LogP contribution in [0.4, 0.5) is 0 Å². The van der Waals surface area contributed by atoms with Crippen LogP contribution in [-0.4, -0.2) is 43.0 Å². The fraction of sp³-hybridized carbons (Fsp3) is 0.929. The minimum Gasteiger partial charge on any atom is -0.355 e. The van der Waals surface area contributed by atoms with E-state index < -0.39 is 0 Å². The van der Waals surface area contributed by atoms with E-state index in [1.165, 1.54) is 58.2 Å². The summed E-state index contributed by atoms with van der Waals surface area (Å²) in [6.07, 6.45) is 9.00. The Morgan fingerprint density at radius 3 is 2.50 bits per heavy atom. The van der Waals surface area contributed by atoms with Crippen molar-refractivity contribution in [1.29, 1.82) is 0 Å². The highest BCUT2D eigenvalue weighted by atomic mass is 16.2. The summed E-state index contributed by atoms with van der Waals surface area (Å²) in [6.45, 7) is 6.33. The van der Waals surface area contributed by atoms with E-state index >= 15 is 0 Å². The molecule has 1 rings (SSSR count). The number of hydrogen-bond donors (Lipinski definition) is 2. The topological polar surface area (TPSA) is 58.4 Å². The van der Waals surface area contributed by atoms with Crippen molar-refractivity contribution in [3.8, 4) is 0 Å². The van der Waals surface area contributed by atoms with Crippen molar-refractivity contribution in [3.63, 3.8) is 0 Å². The lowest BCUT2D eigenvalue weighted by Gasteiger charge is -2.26. The molecule has 1 saturated heterocycles. The van der Waals surface area contributed by atoms with Gasteiger partial charge in [0.15, 0.2) is 0 Å². The van der Waals surface area contributed by atoms with Crippen LogP contribution in [0.2, 0.25) is 0 Å². The van der Waals surface area contributed by atoms with E-state index in [1.807, 2.05) is 0 Å². The summed E-state index contributed by atoms with van der Waals surface area (Å²) in [5.74, 6) is -0.0386. The standard InChI is InChI=1S/C14H29N3O/c1-13(15)14(18)16-9-5-2-3-6-10-17-11-7-4-8-12-17/h13H,2-12,15H2,1H3,(H,16,18). The molecule has 0 aromatic rings. The molecule has 0 spiro atoms. The summed E-state index contributed by atoms with van der Waals surface area (Å²) >= 11 is 0. The number of nitrogens with zero attached hydrogens (tertiary/aromatic N) is 1. The number of amides is 1. The molecule has 1 unspecified atom stereocenters. The van der Waals surface area contributed by atoms with Crippen LogP contribution in [-0.2, 0) is 4.79 Å². The molecule has 18 heavy (non-hydrogen) atoms. The third-order valence-electron chi connectivity index (χ3n) is 3.56. The van der Waals surface area contributed by atoms with Gasteiger partial charge in [0.05, 0.1) is 6.04 Å². The van der Waals surface area contributed by atoms with Gasteiger partial charge in [0.2, 0.25) is 5.91 Å². The van der Waals surface area contributed by atoms with E-state index in [9.17, 15) is 4.79 Å². The lowest BCUT2D eigenvalue weighted by Crippen LogP contribution is -2.38. The number of hydrogen-bond acceptors (Lipinski definition) is 3. The van der Waals surface area contributed by atoms with E-state index in [2.05, 4.69) is 10.2 Å². The van der Waals surface area contributed by atoms with Gasteiger partial charge in [-0.05, 0) is 52.2 Å². The van der Waals surface area contributed by atoms with E-state index in [1.54, 1.807) is 6.92 Å². The molecule has 0 aliphatic carbocycles. The number of piperidine rings is 1. The van der Waals surface area contributed by atoms with Gasteiger partial charge in [-0.1, -0.05) is 19.3 Å². The molecule has 0 bridgehead atoms. The SMILES string of the molecule is CC(N)C(=O)NCCCCCCN1CCCCC1. The van der Waals surface area contributed by atoms with Gasteiger partial charge in [-0.3, -0.25) is 4.79 Å². The Morgan fingerprint density at radius 1 is 1.17 bits per heavy atom. The highest BCUT2D eigenvalue weighted by Gasteiger charge is 2.08. The quantitative estimate of drug-likeness (QED) is 0.646. The molecule has 1 atom stereocenters. The number of rotatable bonds is 8. The smallest absolute Gasteiger partial charge is 0.236 e. The average molecular weight is 255 g/mol. The summed E-state index contributed by atoms with van der Waals surface area (Å²) in [6, 6.07) is -0.385. The Balaban J connectivity index is 1.85. The third-order valence-corrected chi connectivity index (χ3v) is 3.56. The minimum atomic E-state index is -0.385. The van der Waals surface area contributed by atoms with Crippen molar-refractivity contribution in [2.75, 3.05) is 26.2 Å². The van der Waals surface area contributed by atoms with Crippen LogP contribution in [0.15, 0.2) is 0 Å². The third kappa shape index (κ3) is 6.97. The predicted octanol–water partition coefficient (Wildman–Crippen LogP) is 1.50. The molecule has 1 aliphatic heterocycles. The predicted molar refractivity (Wildman–Crippen MR) is 75.4 cm³/mol. The van der Waals surface area contributed by atoms with Gasteiger partial charge in [0, 0.05) is 6.54 Å². The molecule has 0 aromatic carbocycles. The van der Waals surface area contributed by atoms with Crippen LogP contribution in [0.3, 0.4) is 0 Å². The zero-order chi connectivity index (χ0) is 13.2. The Bertz CT molecular complexity index is 225. The first-order chi connectivity index (χ1) is 8.70. The maximum absolute atomic E-state index is 11.2. The Hall–Kier alpha value is -0.610. The second-order valence-corrected chi connectivity index (χ2v) is 5.40. The zero-order valence-electron chi connectivity index (χ0n) is 11.8. The highest BCUT2D eigenvalue weighted by molar-refractivity contribution is 5.80. The minimum absolute atomic E-state index is 0.0386. The molecule has 1 fully saturated rings. The molecule has 1 heterocycles. The second kappa shape index (κ2) is 9.34. The number of carbonyl (C=O) groups excluding carboxylic acids is 1. The van der Waals surface area contributed by atoms with Crippen molar-refractivity contribution >= 4 is 5.91 Å². The summed E-state index contributed by atoms with van der Waals surface area (Å²) in [4.78, 5) is 13.8. The van der Waals surface area contributed by atoms with Crippen LogP contribution in [0.5, 0.6) is 0 Å². The average Bonchev–Trinajstić information content (AvgIpc) is 2.38. The summed E-state index contributed by atoms with van der Waals surface area (Å²) in [7, 11) is 0.